The minimum absolute atomic E-state index is 0.00318. The molecule has 0 saturated carbocycles. The molecule has 0 radical (unpaired) electrons. The number of nitrogens with one attached hydrogen (secondary N) is 3. The minimum atomic E-state index is -0.333. The highest BCUT2D eigenvalue weighted by Crippen LogP contribution is 1.98. The average Bonchev–Trinajstić information content (AvgIpc) is 2.72. The summed E-state index contributed by atoms with van der Waals surface area (Å²) in [5.41, 5.74) is 4.08. The molecule has 1 aromatic carbocycles. The lowest BCUT2D eigenvalue weighted by atomic mass is 10.2. The molecule has 19 heavy (non-hydrogen) atoms. The number of hydrogen-bond acceptors (Lipinski definition) is 3. The molecule has 0 saturated heterocycles. The summed E-state index contributed by atoms with van der Waals surface area (Å²) in [5, 5.41) is 8.93. The molecule has 0 aliphatic rings. The third-order valence-corrected chi connectivity index (χ3v) is 2.63. The van der Waals surface area contributed by atoms with Crippen LogP contribution in [0.4, 0.5) is 0 Å². The maximum atomic E-state index is 11.6. The number of rotatable bonds is 4. The third kappa shape index (κ3) is 3.41. The van der Waals surface area contributed by atoms with Crippen molar-refractivity contribution in [2.75, 3.05) is 0 Å². The van der Waals surface area contributed by atoms with Gasteiger partial charge in [-0.2, -0.15) is 5.10 Å². The molecule has 1 aromatic heterocycles. The van der Waals surface area contributed by atoms with E-state index in [9.17, 15) is 9.59 Å². The van der Waals surface area contributed by atoms with Gasteiger partial charge in [-0.1, -0.05) is 30.3 Å². The number of aromatic nitrogens is 2. The summed E-state index contributed by atoms with van der Waals surface area (Å²) < 4.78 is 0. The van der Waals surface area contributed by atoms with Crippen LogP contribution in [0.25, 0.3) is 0 Å². The number of carbonyl (C=O) groups excluding carboxylic acids is 1. The van der Waals surface area contributed by atoms with E-state index in [4.69, 9.17) is 0 Å². The Morgan fingerprint density at radius 2 is 2.05 bits per heavy atom. The van der Waals surface area contributed by atoms with Gasteiger partial charge in [0.05, 0.1) is 12.6 Å². The Balaban J connectivity index is 1.92. The molecule has 6 heteroatoms. The topological polar surface area (TPSA) is 90.1 Å². The zero-order valence-electron chi connectivity index (χ0n) is 10.4. The summed E-state index contributed by atoms with van der Waals surface area (Å²) in [5.74, 6) is -0.333. The molecule has 0 unspecified atom stereocenters. The molecule has 2 rings (SSSR count). The van der Waals surface area contributed by atoms with Gasteiger partial charge < -0.3 is 5.10 Å². The van der Waals surface area contributed by atoms with Crippen molar-refractivity contribution in [2.24, 2.45) is 5.10 Å². The van der Waals surface area contributed by atoms with Crippen molar-refractivity contribution in [3.05, 3.63) is 57.5 Å². The Morgan fingerprint density at radius 3 is 2.68 bits per heavy atom. The molecule has 0 bridgehead atoms. The number of H-pyrrole nitrogens is 2. The maximum Gasteiger partial charge on any atom is 0.267 e. The zero-order valence-corrected chi connectivity index (χ0v) is 10.4. The first-order chi connectivity index (χ1) is 9.16. The fourth-order valence-corrected chi connectivity index (χ4v) is 1.60. The summed E-state index contributed by atoms with van der Waals surface area (Å²) in [6, 6.07) is 9.40. The summed E-state index contributed by atoms with van der Waals surface area (Å²) in [7, 11) is 0. The number of carbonyl (C=O) groups is 1. The van der Waals surface area contributed by atoms with Gasteiger partial charge in [0.15, 0.2) is 0 Å². The van der Waals surface area contributed by atoms with E-state index in [1.165, 1.54) is 0 Å². The second-order valence-corrected chi connectivity index (χ2v) is 4.06. The summed E-state index contributed by atoms with van der Waals surface area (Å²) >= 11 is 0. The Kier molecular flexibility index (Phi) is 3.92. The van der Waals surface area contributed by atoms with Crippen LogP contribution in [0, 0.1) is 6.92 Å². The maximum absolute atomic E-state index is 11.6. The standard InChI is InChI=1S/C13H14N4O2/c1-9-11(13(19)17-15-9)7-12(18)16-14-8-10-5-3-2-4-6-10/h2-6,8H,7H2,1H3,(H,16,18)(H2,15,17,19)/b14-8-. The predicted molar refractivity (Wildman–Crippen MR) is 72.0 cm³/mol. The minimum Gasteiger partial charge on any atom is -0.302 e. The van der Waals surface area contributed by atoms with Gasteiger partial charge in [0.25, 0.3) is 5.56 Å². The second-order valence-electron chi connectivity index (χ2n) is 4.06. The molecule has 2 aromatic rings. The molecule has 98 valence electrons. The number of hydrogen-bond donors (Lipinski definition) is 3. The van der Waals surface area contributed by atoms with E-state index < -0.39 is 0 Å². The van der Waals surface area contributed by atoms with E-state index in [1.807, 2.05) is 30.3 Å². The Bertz CT molecular complexity index is 640. The fourth-order valence-electron chi connectivity index (χ4n) is 1.60. The number of nitrogens with zero attached hydrogens (tertiary/aromatic N) is 1. The smallest absolute Gasteiger partial charge is 0.267 e. The number of aryl methyl sites for hydroxylation is 1. The van der Waals surface area contributed by atoms with Crippen molar-refractivity contribution >= 4 is 12.1 Å². The Hall–Kier alpha value is -2.63. The molecule has 1 amide bonds. The van der Waals surface area contributed by atoms with Gasteiger partial charge in [-0.15, -0.1) is 0 Å². The molecule has 1 heterocycles. The molecule has 0 aliphatic heterocycles. The molecule has 0 aliphatic carbocycles. The largest absolute Gasteiger partial charge is 0.302 e. The highest BCUT2D eigenvalue weighted by molar-refractivity contribution is 5.83. The molecule has 6 nitrogen and oxygen atoms in total. The lowest BCUT2D eigenvalue weighted by molar-refractivity contribution is -0.120. The second kappa shape index (κ2) is 5.81. The third-order valence-electron chi connectivity index (χ3n) is 2.63. The number of benzene rings is 1. The predicted octanol–water partition coefficient (Wildman–Crippen LogP) is 0.704. The van der Waals surface area contributed by atoms with Crippen LogP contribution in [0.15, 0.2) is 40.2 Å². The van der Waals surface area contributed by atoms with E-state index in [2.05, 4.69) is 20.7 Å². The monoisotopic (exact) mass is 258 g/mol. The van der Waals surface area contributed by atoms with Crippen LogP contribution in [0.1, 0.15) is 16.8 Å². The molecule has 0 spiro atoms. The lowest BCUT2D eigenvalue weighted by Gasteiger charge is -1.98. The van der Waals surface area contributed by atoms with Crippen molar-refractivity contribution in [3.63, 3.8) is 0 Å². The quantitative estimate of drug-likeness (QED) is 0.556. The number of hydrazone groups is 1. The van der Waals surface area contributed by atoms with E-state index >= 15 is 0 Å². The van der Waals surface area contributed by atoms with Crippen molar-refractivity contribution in [1.29, 1.82) is 0 Å². The van der Waals surface area contributed by atoms with Gasteiger partial charge in [-0.05, 0) is 12.5 Å². The first-order valence-corrected chi connectivity index (χ1v) is 5.80. The molecule has 0 atom stereocenters. The molecule has 0 fully saturated rings. The van der Waals surface area contributed by atoms with Crippen LogP contribution in [0.3, 0.4) is 0 Å². The normalized spacial score (nSPS) is 10.8. The fraction of sp³-hybridized carbons (Fsp3) is 0.154. The van der Waals surface area contributed by atoms with E-state index in [0.717, 1.165) is 5.56 Å². The van der Waals surface area contributed by atoms with Gasteiger partial charge in [0.2, 0.25) is 5.91 Å². The number of aromatic amines is 2. The van der Waals surface area contributed by atoms with Crippen molar-refractivity contribution < 1.29 is 4.79 Å². The van der Waals surface area contributed by atoms with Gasteiger partial charge in [0, 0.05) is 11.3 Å². The van der Waals surface area contributed by atoms with Gasteiger partial charge in [0.1, 0.15) is 0 Å². The van der Waals surface area contributed by atoms with Crippen molar-refractivity contribution in [1.82, 2.24) is 15.6 Å². The highest BCUT2D eigenvalue weighted by Gasteiger charge is 2.10. The van der Waals surface area contributed by atoms with Gasteiger partial charge in [-0.3, -0.25) is 14.7 Å². The summed E-state index contributed by atoms with van der Waals surface area (Å²) in [6.45, 7) is 1.73. The van der Waals surface area contributed by atoms with Crippen molar-refractivity contribution in [2.45, 2.75) is 13.3 Å². The summed E-state index contributed by atoms with van der Waals surface area (Å²) in [4.78, 5) is 23.0. The first-order valence-electron chi connectivity index (χ1n) is 5.80. The average molecular weight is 258 g/mol. The molecular formula is C13H14N4O2. The van der Waals surface area contributed by atoms with Crippen LogP contribution < -0.4 is 11.0 Å². The Morgan fingerprint density at radius 1 is 1.32 bits per heavy atom. The molecular weight excluding hydrogens is 244 g/mol. The number of amides is 1. The van der Waals surface area contributed by atoms with Crippen LogP contribution >= 0.6 is 0 Å². The van der Waals surface area contributed by atoms with E-state index in [-0.39, 0.29) is 17.9 Å². The van der Waals surface area contributed by atoms with Gasteiger partial charge >= 0.3 is 0 Å². The zero-order chi connectivity index (χ0) is 13.7. The highest BCUT2D eigenvalue weighted by atomic mass is 16.2. The van der Waals surface area contributed by atoms with Crippen LogP contribution in [0.2, 0.25) is 0 Å². The van der Waals surface area contributed by atoms with E-state index in [1.54, 1.807) is 13.1 Å². The first kappa shape index (κ1) is 12.8. The van der Waals surface area contributed by atoms with Crippen LogP contribution in [-0.2, 0) is 11.2 Å². The molecule has 3 N–H and O–H groups in total. The van der Waals surface area contributed by atoms with Gasteiger partial charge in [-0.25, -0.2) is 5.43 Å². The van der Waals surface area contributed by atoms with Crippen LogP contribution in [0.5, 0.6) is 0 Å². The summed E-state index contributed by atoms with van der Waals surface area (Å²) in [6.07, 6.45) is 1.54. The van der Waals surface area contributed by atoms with E-state index in [0.29, 0.717) is 11.3 Å². The lowest BCUT2D eigenvalue weighted by Crippen LogP contribution is -2.23. The SMILES string of the molecule is Cc1[nH][nH]c(=O)c1CC(=O)N/N=C\c1ccccc1. The van der Waals surface area contributed by atoms with Crippen molar-refractivity contribution in [3.8, 4) is 0 Å². The van der Waals surface area contributed by atoms with Crippen LogP contribution in [-0.4, -0.2) is 22.3 Å². The Labute approximate surface area is 109 Å².